The molecule has 0 amide bonds. The smallest absolute Gasteiger partial charge is 0.123 e. The predicted molar refractivity (Wildman–Crippen MR) is 79.0 cm³/mol. The Morgan fingerprint density at radius 2 is 2.11 bits per heavy atom. The average Bonchev–Trinajstić information content (AvgIpc) is 2.69. The van der Waals surface area contributed by atoms with Gasteiger partial charge in [-0.3, -0.25) is 0 Å². The molecule has 1 aliphatic heterocycles. The fourth-order valence-electron chi connectivity index (χ4n) is 3.21. The van der Waals surface area contributed by atoms with Gasteiger partial charge in [0.2, 0.25) is 0 Å². The van der Waals surface area contributed by atoms with Crippen LogP contribution in [0.3, 0.4) is 0 Å². The van der Waals surface area contributed by atoms with Gasteiger partial charge in [0.15, 0.2) is 0 Å². The van der Waals surface area contributed by atoms with Gasteiger partial charge in [-0.25, -0.2) is 4.39 Å². The van der Waals surface area contributed by atoms with E-state index >= 15 is 0 Å². The molecule has 1 atom stereocenters. The summed E-state index contributed by atoms with van der Waals surface area (Å²) in [7, 11) is 0. The van der Waals surface area contributed by atoms with Crippen molar-refractivity contribution < 1.29 is 4.39 Å². The zero-order chi connectivity index (χ0) is 14.0. The summed E-state index contributed by atoms with van der Waals surface area (Å²) in [6.07, 6.45) is 2.44. The summed E-state index contributed by atoms with van der Waals surface area (Å²) in [4.78, 5) is 2.56. The van der Waals surface area contributed by atoms with Crippen LogP contribution in [-0.4, -0.2) is 24.5 Å². The molecule has 1 fully saturated rings. The van der Waals surface area contributed by atoms with Gasteiger partial charge in [-0.2, -0.15) is 0 Å². The van der Waals surface area contributed by atoms with E-state index in [0.29, 0.717) is 0 Å². The highest BCUT2D eigenvalue weighted by Crippen LogP contribution is 2.36. The molecule has 0 bridgehead atoms. The van der Waals surface area contributed by atoms with Crippen molar-refractivity contribution in [2.75, 3.05) is 19.6 Å². The zero-order valence-corrected chi connectivity index (χ0v) is 12.7. The minimum absolute atomic E-state index is 0.125. The molecule has 2 rings (SSSR count). The van der Waals surface area contributed by atoms with Crippen LogP contribution in [0.15, 0.2) is 18.2 Å². The van der Waals surface area contributed by atoms with Gasteiger partial charge in [0.05, 0.1) is 0 Å². The van der Waals surface area contributed by atoms with Crippen LogP contribution in [0.25, 0.3) is 0 Å². The highest BCUT2D eigenvalue weighted by Gasteiger charge is 2.35. The highest BCUT2D eigenvalue weighted by molar-refractivity contribution is 5.34. The molecule has 0 aliphatic carbocycles. The molecule has 1 aromatic carbocycles. The summed E-state index contributed by atoms with van der Waals surface area (Å²) in [5.41, 5.74) is 2.60. The van der Waals surface area contributed by atoms with Crippen LogP contribution in [0.2, 0.25) is 0 Å². The average molecular weight is 263 g/mol. The van der Waals surface area contributed by atoms with E-state index in [1.807, 2.05) is 13.0 Å². The molecule has 0 saturated carbocycles. The molecule has 0 aromatic heterocycles. The van der Waals surface area contributed by atoms with Crippen molar-refractivity contribution in [3.05, 3.63) is 35.1 Å². The van der Waals surface area contributed by atoms with E-state index in [2.05, 4.69) is 25.7 Å². The van der Waals surface area contributed by atoms with Crippen LogP contribution in [0.1, 0.15) is 44.7 Å². The van der Waals surface area contributed by atoms with Gasteiger partial charge in [0.1, 0.15) is 5.82 Å². The molecule has 1 nitrogen and oxygen atoms in total. The first-order valence-electron chi connectivity index (χ1n) is 7.40. The van der Waals surface area contributed by atoms with Crippen molar-refractivity contribution in [1.82, 2.24) is 4.90 Å². The third-order valence-corrected chi connectivity index (χ3v) is 4.41. The van der Waals surface area contributed by atoms with Gasteiger partial charge in [0, 0.05) is 12.0 Å². The molecular weight excluding hydrogens is 237 g/mol. The third kappa shape index (κ3) is 3.36. The van der Waals surface area contributed by atoms with Crippen LogP contribution in [-0.2, 0) is 5.41 Å². The van der Waals surface area contributed by atoms with Crippen LogP contribution in [0, 0.1) is 18.7 Å². The van der Waals surface area contributed by atoms with Gasteiger partial charge in [-0.05, 0) is 62.0 Å². The Balaban J connectivity index is 2.08. The molecule has 1 heterocycles. The van der Waals surface area contributed by atoms with Crippen molar-refractivity contribution in [2.45, 2.75) is 46.0 Å². The van der Waals surface area contributed by atoms with Crippen molar-refractivity contribution in [3.63, 3.8) is 0 Å². The van der Waals surface area contributed by atoms with Gasteiger partial charge in [-0.1, -0.05) is 26.8 Å². The number of nitrogens with zero attached hydrogens (tertiary/aromatic N) is 1. The van der Waals surface area contributed by atoms with E-state index in [-0.39, 0.29) is 11.2 Å². The Morgan fingerprint density at radius 1 is 1.37 bits per heavy atom. The van der Waals surface area contributed by atoms with Crippen LogP contribution in [0.5, 0.6) is 0 Å². The highest BCUT2D eigenvalue weighted by atomic mass is 19.1. The Kier molecular flexibility index (Phi) is 4.29. The summed E-state index contributed by atoms with van der Waals surface area (Å²) < 4.78 is 13.2. The largest absolute Gasteiger partial charge is 0.302 e. The minimum Gasteiger partial charge on any atom is -0.302 e. The zero-order valence-electron chi connectivity index (χ0n) is 12.7. The number of aryl methyl sites for hydroxylation is 1. The number of benzene rings is 1. The number of halogens is 1. The Labute approximate surface area is 116 Å². The lowest BCUT2D eigenvalue weighted by molar-refractivity contribution is 0.295. The fraction of sp³-hybridized carbons (Fsp3) is 0.647. The first kappa shape index (κ1) is 14.5. The summed E-state index contributed by atoms with van der Waals surface area (Å²) >= 11 is 0. The topological polar surface area (TPSA) is 3.24 Å². The summed E-state index contributed by atoms with van der Waals surface area (Å²) in [5, 5.41) is 0. The lowest BCUT2D eigenvalue weighted by atomic mass is 9.79. The summed E-state index contributed by atoms with van der Waals surface area (Å²) in [6, 6.07) is 5.25. The Bertz CT molecular complexity index is 441. The standard InChI is InChI=1S/C17H26FN/c1-13(2)7-9-19-10-8-17(4,12-19)16-6-5-15(18)11-14(16)3/h5-6,11,13H,7-10,12H2,1-4H3. The molecule has 1 aliphatic rings. The molecule has 0 N–H and O–H groups in total. The van der Waals surface area contributed by atoms with E-state index in [1.165, 1.54) is 31.5 Å². The van der Waals surface area contributed by atoms with Gasteiger partial charge in [0.25, 0.3) is 0 Å². The normalized spacial score (nSPS) is 24.3. The minimum atomic E-state index is -0.125. The second-order valence-corrected chi connectivity index (χ2v) is 6.73. The second kappa shape index (κ2) is 5.62. The lowest BCUT2D eigenvalue weighted by Crippen LogP contribution is -2.30. The van der Waals surface area contributed by atoms with E-state index in [1.54, 1.807) is 12.1 Å². The summed E-state index contributed by atoms with van der Waals surface area (Å²) in [6.45, 7) is 12.4. The molecule has 1 unspecified atom stereocenters. The first-order valence-corrected chi connectivity index (χ1v) is 7.40. The number of hydrogen-bond donors (Lipinski definition) is 0. The molecule has 0 spiro atoms. The van der Waals surface area contributed by atoms with E-state index in [9.17, 15) is 4.39 Å². The van der Waals surface area contributed by atoms with E-state index < -0.39 is 0 Å². The number of hydrogen-bond acceptors (Lipinski definition) is 1. The van der Waals surface area contributed by atoms with Crippen LogP contribution < -0.4 is 0 Å². The van der Waals surface area contributed by atoms with Crippen molar-refractivity contribution in [3.8, 4) is 0 Å². The maximum absolute atomic E-state index is 13.2. The van der Waals surface area contributed by atoms with Crippen LogP contribution >= 0.6 is 0 Å². The fourth-order valence-corrected chi connectivity index (χ4v) is 3.21. The molecule has 19 heavy (non-hydrogen) atoms. The molecule has 106 valence electrons. The second-order valence-electron chi connectivity index (χ2n) is 6.73. The van der Waals surface area contributed by atoms with Gasteiger partial charge < -0.3 is 4.90 Å². The lowest BCUT2D eigenvalue weighted by Gasteiger charge is -2.27. The molecule has 1 saturated heterocycles. The molecular formula is C17H26FN. The third-order valence-electron chi connectivity index (χ3n) is 4.41. The van der Waals surface area contributed by atoms with E-state index in [4.69, 9.17) is 0 Å². The molecule has 1 aromatic rings. The van der Waals surface area contributed by atoms with Crippen molar-refractivity contribution in [2.24, 2.45) is 5.92 Å². The monoisotopic (exact) mass is 263 g/mol. The number of likely N-dealkylation sites (tertiary alicyclic amines) is 1. The Hall–Kier alpha value is -0.890. The Morgan fingerprint density at radius 3 is 2.74 bits per heavy atom. The molecule has 0 radical (unpaired) electrons. The van der Waals surface area contributed by atoms with Crippen molar-refractivity contribution in [1.29, 1.82) is 0 Å². The van der Waals surface area contributed by atoms with Crippen molar-refractivity contribution >= 4 is 0 Å². The molecule has 2 heteroatoms. The SMILES string of the molecule is Cc1cc(F)ccc1C1(C)CCN(CCC(C)C)C1. The van der Waals surface area contributed by atoms with Gasteiger partial charge >= 0.3 is 0 Å². The van der Waals surface area contributed by atoms with E-state index in [0.717, 1.165) is 18.0 Å². The predicted octanol–water partition coefficient (Wildman–Crippen LogP) is 4.14. The number of rotatable bonds is 4. The quantitative estimate of drug-likeness (QED) is 0.789. The maximum Gasteiger partial charge on any atom is 0.123 e. The maximum atomic E-state index is 13.2. The summed E-state index contributed by atoms with van der Waals surface area (Å²) in [5.74, 6) is 0.638. The van der Waals surface area contributed by atoms with Gasteiger partial charge in [-0.15, -0.1) is 0 Å². The first-order chi connectivity index (χ1) is 8.90. The van der Waals surface area contributed by atoms with Crippen LogP contribution in [0.4, 0.5) is 4.39 Å².